The maximum atomic E-state index is 11.7. The van der Waals surface area contributed by atoms with Gasteiger partial charge in [0.25, 0.3) is 0 Å². The van der Waals surface area contributed by atoms with Crippen LogP contribution in [0.1, 0.15) is 38.5 Å². The van der Waals surface area contributed by atoms with Crippen LogP contribution in [0.4, 0.5) is 0 Å². The molecular formula is C15H29N3O2S. The van der Waals surface area contributed by atoms with Gasteiger partial charge in [0.15, 0.2) is 0 Å². The maximum absolute atomic E-state index is 11.7. The van der Waals surface area contributed by atoms with Crippen molar-refractivity contribution >= 4 is 10.0 Å². The van der Waals surface area contributed by atoms with E-state index in [1.807, 2.05) is 0 Å². The number of nitrogens with one attached hydrogen (secondary N) is 1. The molecule has 0 aromatic heterocycles. The summed E-state index contributed by atoms with van der Waals surface area (Å²) < 4.78 is 25.1. The summed E-state index contributed by atoms with van der Waals surface area (Å²) in [6, 6.07) is 2.11. The van der Waals surface area contributed by atoms with Crippen molar-refractivity contribution in [3.8, 4) is 0 Å². The van der Waals surface area contributed by atoms with Gasteiger partial charge in [0, 0.05) is 37.8 Å². The molecule has 0 saturated carbocycles. The SMILES string of the molecule is CN(CC1CCCN(S(C)(=O)=O)C1)C1CC2CCC(C1)N2. The average molecular weight is 315 g/mol. The van der Waals surface area contributed by atoms with Crippen LogP contribution in [-0.4, -0.2) is 68.7 Å². The van der Waals surface area contributed by atoms with Crippen LogP contribution in [0.3, 0.4) is 0 Å². The summed E-state index contributed by atoms with van der Waals surface area (Å²) in [5, 5.41) is 3.69. The van der Waals surface area contributed by atoms with Crippen molar-refractivity contribution < 1.29 is 8.42 Å². The van der Waals surface area contributed by atoms with Crippen LogP contribution in [0, 0.1) is 5.92 Å². The highest BCUT2D eigenvalue weighted by Gasteiger charge is 2.36. The largest absolute Gasteiger partial charge is 0.311 e. The van der Waals surface area contributed by atoms with E-state index in [1.54, 1.807) is 4.31 Å². The molecule has 0 amide bonds. The Morgan fingerprint density at radius 3 is 2.48 bits per heavy atom. The Morgan fingerprint density at radius 1 is 1.19 bits per heavy atom. The van der Waals surface area contributed by atoms with Crippen LogP contribution >= 0.6 is 0 Å². The van der Waals surface area contributed by atoms with E-state index in [-0.39, 0.29) is 0 Å². The summed E-state index contributed by atoms with van der Waals surface area (Å²) in [5.74, 6) is 0.492. The topological polar surface area (TPSA) is 52.7 Å². The van der Waals surface area contributed by atoms with E-state index in [0.29, 0.717) is 25.0 Å². The van der Waals surface area contributed by atoms with E-state index in [9.17, 15) is 8.42 Å². The molecule has 122 valence electrons. The maximum Gasteiger partial charge on any atom is 0.211 e. The first-order valence-corrected chi connectivity index (χ1v) is 10.2. The van der Waals surface area contributed by atoms with Crippen molar-refractivity contribution in [1.29, 1.82) is 0 Å². The van der Waals surface area contributed by atoms with Crippen LogP contribution in [0.25, 0.3) is 0 Å². The van der Waals surface area contributed by atoms with Crippen molar-refractivity contribution in [3.05, 3.63) is 0 Å². The van der Waals surface area contributed by atoms with Gasteiger partial charge in [-0.1, -0.05) is 0 Å². The highest BCUT2D eigenvalue weighted by molar-refractivity contribution is 7.88. The first-order chi connectivity index (χ1) is 9.91. The molecule has 3 atom stereocenters. The fourth-order valence-corrected chi connectivity index (χ4v) is 5.36. The van der Waals surface area contributed by atoms with E-state index < -0.39 is 10.0 Å². The fraction of sp³-hybridized carbons (Fsp3) is 1.00. The number of nitrogens with zero attached hydrogens (tertiary/aromatic N) is 2. The first-order valence-electron chi connectivity index (χ1n) is 8.33. The molecule has 0 spiro atoms. The van der Waals surface area contributed by atoms with E-state index >= 15 is 0 Å². The fourth-order valence-electron chi connectivity index (χ4n) is 4.42. The van der Waals surface area contributed by atoms with Crippen molar-refractivity contribution in [2.45, 2.75) is 56.7 Å². The third-order valence-corrected chi connectivity index (χ3v) is 6.84. The molecule has 3 saturated heterocycles. The van der Waals surface area contributed by atoms with Gasteiger partial charge in [-0.3, -0.25) is 0 Å². The average Bonchev–Trinajstić information content (AvgIpc) is 2.76. The standard InChI is InChI=1S/C15H29N3O2S/c1-17(15-8-13-5-6-14(9-15)16-13)10-12-4-3-7-18(11-12)21(2,19)20/h12-16H,3-11H2,1-2H3. The zero-order valence-corrected chi connectivity index (χ0v) is 14.1. The monoisotopic (exact) mass is 315 g/mol. The molecule has 0 aliphatic carbocycles. The van der Waals surface area contributed by atoms with Crippen LogP contribution < -0.4 is 5.32 Å². The zero-order chi connectivity index (χ0) is 15.0. The highest BCUT2D eigenvalue weighted by Crippen LogP contribution is 2.30. The lowest BCUT2D eigenvalue weighted by Crippen LogP contribution is -2.49. The summed E-state index contributed by atoms with van der Waals surface area (Å²) in [4.78, 5) is 2.50. The van der Waals surface area contributed by atoms with Gasteiger partial charge in [-0.05, 0) is 51.5 Å². The van der Waals surface area contributed by atoms with Crippen molar-refractivity contribution in [3.63, 3.8) is 0 Å². The summed E-state index contributed by atoms with van der Waals surface area (Å²) >= 11 is 0. The van der Waals surface area contributed by atoms with E-state index in [1.165, 1.54) is 31.9 Å². The normalized spacial score (nSPS) is 38.0. The van der Waals surface area contributed by atoms with Gasteiger partial charge >= 0.3 is 0 Å². The quantitative estimate of drug-likeness (QED) is 0.836. The number of hydrogen-bond donors (Lipinski definition) is 1. The summed E-state index contributed by atoms with van der Waals surface area (Å²) in [7, 11) is -0.791. The minimum atomic E-state index is -3.02. The van der Waals surface area contributed by atoms with Crippen molar-refractivity contribution in [2.75, 3.05) is 32.9 Å². The highest BCUT2D eigenvalue weighted by atomic mass is 32.2. The van der Waals surface area contributed by atoms with Crippen LogP contribution in [0.5, 0.6) is 0 Å². The predicted octanol–water partition coefficient (Wildman–Crippen LogP) is 0.873. The number of hydrogen-bond acceptors (Lipinski definition) is 4. The Balaban J connectivity index is 1.53. The molecule has 1 N–H and O–H groups in total. The molecule has 3 aliphatic rings. The number of piperidine rings is 2. The smallest absolute Gasteiger partial charge is 0.211 e. The number of sulfonamides is 1. The Kier molecular flexibility index (Phi) is 4.60. The van der Waals surface area contributed by atoms with Gasteiger partial charge < -0.3 is 10.2 Å². The van der Waals surface area contributed by atoms with E-state index in [4.69, 9.17) is 0 Å². The number of rotatable bonds is 4. The number of fused-ring (bicyclic) bond motifs is 2. The zero-order valence-electron chi connectivity index (χ0n) is 13.3. The van der Waals surface area contributed by atoms with Gasteiger partial charge in [-0.2, -0.15) is 0 Å². The Bertz CT molecular complexity index is 456. The predicted molar refractivity (Wildman–Crippen MR) is 84.7 cm³/mol. The van der Waals surface area contributed by atoms with Gasteiger partial charge in [0.2, 0.25) is 10.0 Å². The minimum Gasteiger partial charge on any atom is -0.311 e. The first kappa shape index (κ1) is 15.7. The van der Waals surface area contributed by atoms with Crippen LogP contribution in [0.15, 0.2) is 0 Å². The van der Waals surface area contributed by atoms with Crippen LogP contribution in [0.2, 0.25) is 0 Å². The molecule has 2 bridgehead atoms. The van der Waals surface area contributed by atoms with Crippen LogP contribution in [-0.2, 0) is 10.0 Å². The molecule has 0 aromatic carbocycles. The molecule has 3 aliphatic heterocycles. The Morgan fingerprint density at radius 2 is 1.86 bits per heavy atom. The Labute approximate surface area is 129 Å². The van der Waals surface area contributed by atoms with Gasteiger partial charge in [-0.15, -0.1) is 0 Å². The summed E-state index contributed by atoms with van der Waals surface area (Å²) in [6.45, 7) is 2.45. The molecule has 0 radical (unpaired) electrons. The molecule has 3 fully saturated rings. The molecule has 6 heteroatoms. The lowest BCUT2D eigenvalue weighted by atomic mass is 9.95. The van der Waals surface area contributed by atoms with Crippen molar-refractivity contribution in [2.24, 2.45) is 5.92 Å². The third kappa shape index (κ3) is 3.78. The lowest BCUT2D eigenvalue weighted by molar-refractivity contribution is 0.129. The van der Waals surface area contributed by atoms with Gasteiger partial charge in [0.1, 0.15) is 0 Å². The lowest BCUT2D eigenvalue weighted by Gasteiger charge is -2.39. The summed E-state index contributed by atoms with van der Waals surface area (Å²) in [5.41, 5.74) is 0. The van der Waals surface area contributed by atoms with E-state index in [0.717, 1.165) is 31.5 Å². The summed E-state index contributed by atoms with van der Waals surface area (Å²) in [6.07, 6.45) is 8.69. The third-order valence-electron chi connectivity index (χ3n) is 5.57. The molecule has 5 nitrogen and oxygen atoms in total. The second-order valence-electron chi connectivity index (χ2n) is 7.33. The molecule has 3 rings (SSSR count). The molecular weight excluding hydrogens is 286 g/mol. The molecule has 0 aromatic rings. The van der Waals surface area contributed by atoms with Gasteiger partial charge in [-0.25, -0.2) is 12.7 Å². The van der Waals surface area contributed by atoms with Gasteiger partial charge in [0.05, 0.1) is 6.26 Å². The second-order valence-corrected chi connectivity index (χ2v) is 9.31. The molecule has 21 heavy (non-hydrogen) atoms. The molecule has 3 unspecified atom stereocenters. The second kappa shape index (κ2) is 6.14. The van der Waals surface area contributed by atoms with E-state index in [2.05, 4.69) is 17.3 Å². The minimum absolute atomic E-state index is 0.492. The Hall–Kier alpha value is -0.170. The van der Waals surface area contributed by atoms with Crippen molar-refractivity contribution in [1.82, 2.24) is 14.5 Å². The molecule has 3 heterocycles.